The smallest absolute Gasteiger partial charge is 0.289 e. The molecule has 27 heavy (non-hydrogen) atoms. The number of piperidine rings is 1. The van der Waals surface area contributed by atoms with Crippen LogP contribution in [0.3, 0.4) is 0 Å². The molecule has 0 N–H and O–H groups in total. The topological polar surface area (TPSA) is 51.9 Å². The summed E-state index contributed by atoms with van der Waals surface area (Å²) in [6, 6.07) is 9.52. The third kappa shape index (κ3) is 4.85. The van der Waals surface area contributed by atoms with Gasteiger partial charge in [0.15, 0.2) is 17.3 Å². The molecule has 0 bridgehead atoms. The van der Waals surface area contributed by atoms with Crippen LogP contribution in [0, 0.1) is 5.92 Å². The van der Waals surface area contributed by atoms with Crippen LogP contribution in [0.2, 0.25) is 0 Å². The van der Waals surface area contributed by atoms with Crippen LogP contribution in [-0.2, 0) is 13.0 Å². The largest absolute Gasteiger partial charge is 0.493 e. The number of benzene rings is 1. The Morgan fingerprint density at radius 1 is 1.19 bits per heavy atom. The molecular weight excluding hydrogens is 342 g/mol. The maximum absolute atomic E-state index is 12.6. The normalized spacial score (nSPS) is 15.0. The van der Waals surface area contributed by atoms with Crippen LogP contribution in [0.15, 0.2) is 34.7 Å². The van der Waals surface area contributed by atoms with Gasteiger partial charge in [0, 0.05) is 13.1 Å². The minimum absolute atomic E-state index is 0.0327. The van der Waals surface area contributed by atoms with E-state index in [0.717, 1.165) is 38.8 Å². The molecule has 1 saturated heterocycles. The molecule has 0 unspecified atom stereocenters. The summed E-state index contributed by atoms with van der Waals surface area (Å²) in [5.41, 5.74) is 1.23. The summed E-state index contributed by atoms with van der Waals surface area (Å²) in [5, 5.41) is 0. The van der Waals surface area contributed by atoms with Gasteiger partial charge in [-0.2, -0.15) is 0 Å². The van der Waals surface area contributed by atoms with Crippen LogP contribution in [0.1, 0.15) is 55.0 Å². The predicted octanol–water partition coefficient (Wildman–Crippen LogP) is 4.69. The third-order valence-corrected chi connectivity index (χ3v) is 5.08. The highest BCUT2D eigenvalue weighted by Gasteiger charge is 2.23. The lowest BCUT2D eigenvalue weighted by atomic mass is 9.99. The number of rotatable bonds is 7. The maximum Gasteiger partial charge on any atom is 0.289 e. The van der Waals surface area contributed by atoms with Crippen molar-refractivity contribution in [3.8, 4) is 11.5 Å². The number of carbonyl (C=O) groups excluding carboxylic acids is 1. The number of hydrogen-bond acceptors (Lipinski definition) is 4. The van der Waals surface area contributed by atoms with Crippen LogP contribution in [0.5, 0.6) is 11.5 Å². The number of carbonyl (C=O) groups is 1. The quantitative estimate of drug-likeness (QED) is 0.708. The van der Waals surface area contributed by atoms with Crippen molar-refractivity contribution in [2.75, 3.05) is 20.2 Å². The predicted molar refractivity (Wildman–Crippen MR) is 104 cm³/mol. The van der Waals surface area contributed by atoms with E-state index in [4.69, 9.17) is 13.9 Å². The number of furan rings is 1. The van der Waals surface area contributed by atoms with Gasteiger partial charge in [0.25, 0.3) is 5.91 Å². The van der Waals surface area contributed by atoms with E-state index >= 15 is 0 Å². The molecule has 2 aromatic rings. The Morgan fingerprint density at radius 3 is 2.67 bits per heavy atom. The molecule has 1 aromatic carbocycles. The lowest BCUT2D eigenvalue weighted by Gasteiger charge is -2.29. The van der Waals surface area contributed by atoms with Crippen molar-refractivity contribution < 1.29 is 18.7 Å². The Morgan fingerprint density at radius 2 is 1.96 bits per heavy atom. The molecule has 5 nitrogen and oxygen atoms in total. The Balaban J connectivity index is 1.60. The van der Waals surface area contributed by atoms with Gasteiger partial charge in [0.1, 0.15) is 12.4 Å². The zero-order valence-electron chi connectivity index (χ0n) is 16.5. The number of amides is 1. The Hall–Kier alpha value is -2.43. The second-order valence-electron chi connectivity index (χ2n) is 7.26. The van der Waals surface area contributed by atoms with Crippen molar-refractivity contribution in [2.45, 2.75) is 46.1 Å². The van der Waals surface area contributed by atoms with Crippen LogP contribution < -0.4 is 9.47 Å². The second-order valence-corrected chi connectivity index (χ2v) is 7.26. The number of likely N-dealkylation sites (tertiary alicyclic amines) is 1. The molecule has 146 valence electrons. The van der Waals surface area contributed by atoms with Gasteiger partial charge >= 0.3 is 0 Å². The molecule has 0 spiro atoms. The molecular formula is C22H29NO4. The highest BCUT2D eigenvalue weighted by Crippen LogP contribution is 2.29. The summed E-state index contributed by atoms with van der Waals surface area (Å²) >= 11 is 0. The van der Waals surface area contributed by atoms with Crippen LogP contribution in [-0.4, -0.2) is 31.0 Å². The van der Waals surface area contributed by atoms with Gasteiger partial charge in [-0.15, -0.1) is 0 Å². The number of methoxy groups -OCH3 is 1. The van der Waals surface area contributed by atoms with E-state index < -0.39 is 0 Å². The van der Waals surface area contributed by atoms with Crippen molar-refractivity contribution in [2.24, 2.45) is 5.92 Å². The van der Waals surface area contributed by atoms with Gasteiger partial charge in [-0.25, -0.2) is 0 Å². The first-order valence-electron chi connectivity index (χ1n) is 9.78. The zero-order valence-corrected chi connectivity index (χ0v) is 16.5. The van der Waals surface area contributed by atoms with E-state index in [2.05, 4.69) is 19.9 Å². The minimum Gasteiger partial charge on any atom is -0.493 e. The fraction of sp³-hybridized carbons (Fsp3) is 0.500. The van der Waals surface area contributed by atoms with Gasteiger partial charge in [-0.05, 0) is 55.0 Å². The zero-order chi connectivity index (χ0) is 19.2. The number of ether oxygens (including phenoxy) is 2. The second kappa shape index (κ2) is 8.98. The van der Waals surface area contributed by atoms with Crippen molar-refractivity contribution in [3.05, 3.63) is 47.4 Å². The summed E-state index contributed by atoms with van der Waals surface area (Å²) in [5.74, 6) is 3.05. The van der Waals surface area contributed by atoms with E-state index in [9.17, 15) is 4.79 Å². The average Bonchev–Trinajstić information content (AvgIpc) is 3.16. The summed E-state index contributed by atoms with van der Waals surface area (Å²) in [6.07, 6.45) is 4.20. The molecule has 0 radical (unpaired) electrons. The summed E-state index contributed by atoms with van der Waals surface area (Å²) in [4.78, 5) is 14.4. The van der Waals surface area contributed by atoms with Crippen molar-refractivity contribution in [1.82, 2.24) is 4.90 Å². The van der Waals surface area contributed by atoms with E-state index in [1.807, 2.05) is 17.0 Å². The van der Waals surface area contributed by atoms with Crippen LogP contribution in [0.25, 0.3) is 0 Å². The molecule has 3 rings (SSSR count). The standard InChI is InChI=1S/C22H29NO4/c1-4-5-17-6-8-19(21(14-17)25-3)26-15-18-7-9-20(27-18)22(24)23-12-10-16(2)11-13-23/h6-9,14,16H,4-5,10-13,15H2,1-3H3. The fourth-order valence-electron chi connectivity index (χ4n) is 3.36. The molecule has 5 heteroatoms. The molecule has 0 atom stereocenters. The van der Waals surface area contributed by atoms with Gasteiger partial charge in [-0.1, -0.05) is 26.3 Å². The lowest BCUT2D eigenvalue weighted by Crippen LogP contribution is -2.37. The van der Waals surface area contributed by atoms with Gasteiger partial charge in [0.05, 0.1) is 7.11 Å². The number of hydrogen-bond donors (Lipinski definition) is 0. The van der Waals surface area contributed by atoms with Crippen LogP contribution in [0.4, 0.5) is 0 Å². The molecule has 1 aliphatic rings. The Labute approximate surface area is 161 Å². The average molecular weight is 371 g/mol. The molecule has 2 heterocycles. The highest BCUT2D eigenvalue weighted by atomic mass is 16.5. The fourth-order valence-corrected chi connectivity index (χ4v) is 3.36. The van der Waals surface area contributed by atoms with E-state index in [1.165, 1.54) is 5.56 Å². The van der Waals surface area contributed by atoms with Gasteiger partial charge in [0.2, 0.25) is 0 Å². The summed E-state index contributed by atoms with van der Waals surface area (Å²) < 4.78 is 17.0. The highest BCUT2D eigenvalue weighted by molar-refractivity contribution is 5.91. The maximum atomic E-state index is 12.6. The lowest BCUT2D eigenvalue weighted by molar-refractivity contribution is 0.0661. The monoisotopic (exact) mass is 371 g/mol. The summed E-state index contributed by atoms with van der Waals surface area (Å²) in [7, 11) is 1.64. The molecule has 1 aliphatic heterocycles. The minimum atomic E-state index is -0.0327. The third-order valence-electron chi connectivity index (χ3n) is 5.08. The van der Waals surface area contributed by atoms with Crippen molar-refractivity contribution in [1.29, 1.82) is 0 Å². The van der Waals surface area contributed by atoms with E-state index in [1.54, 1.807) is 19.2 Å². The summed E-state index contributed by atoms with van der Waals surface area (Å²) in [6.45, 7) is 6.24. The Kier molecular flexibility index (Phi) is 6.43. The van der Waals surface area contributed by atoms with Gasteiger partial charge < -0.3 is 18.8 Å². The van der Waals surface area contributed by atoms with Crippen LogP contribution >= 0.6 is 0 Å². The first-order valence-corrected chi connectivity index (χ1v) is 9.78. The number of aryl methyl sites for hydroxylation is 1. The van der Waals surface area contributed by atoms with Gasteiger partial charge in [-0.3, -0.25) is 4.79 Å². The molecule has 0 aliphatic carbocycles. The van der Waals surface area contributed by atoms with E-state index in [0.29, 0.717) is 28.9 Å². The van der Waals surface area contributed by atoms with E-state index in [-0.39, 0.29) is 12.5 Å². The molecule has 0 saturated carbocycles. The van der Waals surface area contributed by atoms with Crippen molar-refractivity contribution in [3.63, 3.8) is 0 Å². The first kappa shape index (κ1) is 19.3. The molecule has 1 fully saturated rings. The SMILES string of the molecule is CCCc1ccc(OCc2ccc(C(=O)N3CCC(C)CC3)o2)c(OC)c1. The molecule has 1 amide bonds. The molecule has 1 aromatic heterocycles. The Bertz CT molecular complexity index is 759. The first-order chi connectivity index (χ1) is 13.1. The van der Waals surface area contributed by atoms with Crippen molar-refractivity contribution >= 4 is 5.91 Å². The number of nitrogens with zero attached hydrogens (tertiary/aromatic N) is 1.